The average Bonchev–Trinajstić information content (AvgIpc) is 3.25. The second-order valence-corrected chi connectivity index (χ2v) is 18.1. The third kappa shape index (κ3) is 49.0. The highest BCUT2D eigenvalue weighted by Crippen LogP contribution is 2.15. The summed E-state index contributed by atoms with van der Waals surface area (Å²) < 4.78 is 17.4. The van der Waals surface area contributed by atoms with Crippen LogP contribution in [0.25, 0.3) is 0 Å². The molecule has 5 nitrogen and oxygen atoms in total. The third-order valence-electron chi connectivity index (χ3n) is 12.0. The quantitative estimate of drug-likeness (QED) is 0.0347. The molecule has 1 unspecified atom stereocenters. The lowest BCUT2D eigenvalue weighted by atomic mass is 10.1. The second-order valence-electron chi connectivity index (χ2n) is 18.1. The van der Waals surface area contributed by atoms with Crippen molar-refractivity contribution in [2.45, 2.75) is 297 Å². The summed E-state index contributed by atoms with van der Waals surface area (Å²) in [5, 5.41) is 0. The summed E-state index contributed by atoms with van der Waals surface area (Å²) in [6.45, 7) is 7.85. The Bertz CT molecular complexity index is 913. The summed E-state index contributed by atoms with van der Waals surface area (Å²) in [7, 11) is 0. The fraction of sp³-hybridized carbons (Fsp3) is 0.891. The van der Waals surface area contributed by atoms with E-state index < -0.39 is 6.10 Å². The normalized spacial score (nSPS) is 12.2. The topological polar surface area (TPSA) is 61.8 Å². The smallest absolute Gasteiger partial charge is 0.306 e. The van der Waals surface area contributed by atoms with Gasteiger partial charge in [0.05, 0.1) is 6.61 Å². The van der Waals surface area contributed by atoms with E-state index in [0.717, 1.165) is 51.4 Å². The van der Waals surface area contributed by atoms with Gasteiger partial charge >= 0.3 is 11.9 Å². The molecule has 354 valence electrons. The predicted octanol–water partition coefficient (Wildman–Crippen LogP) is 18.0. The van der Waals surface area contributed by atoms with Gasteiger partial charge in [-0.05, 0) is 70.6 Å². The van der Waals surface area contributed by atoms with Crippen LogP contribution in [0.2, 0.25) is 0 Å². The predicted molar refractivity (Wildman–Crippen MR) is 261 cm³/mol. The van der Waals surface area contributed by atoms with Crippen LogP contribution in [0.15, 0.2) is 24.3 Å². The minimum atomic E-state index is -0.534. The van der Waals surface area contributed by atoms with Gasteiger partial charge in [-0.3, -0.25) is 9.59 Å². The van der Waals surface area contributed by atoms with Crippen LogP contribution < -0.4 is 0 Å². The number of hydrogen-bond acceptors (Lipinski definition) is 5. The van der Waals surface area contributed by atoms with E-state index in [2.05, 4.69) is 45.1 Å². The molecule has 0 saturated heterocycles. The molecule has 0 rings (SSSR count). The van der Waals surface area contributed by atoms with Gasteiger partial charge in [0.2, 0.25) is 0 Å². The molecule has 0 aliphatic heterocycles. The lowest BCUT2D eigenvalue weighted by molar-refractivity contribution is -0.163. The first kappa shape index (κ1) is 58.4. The van der Waals surface area contributed by atoms with Gasteiger partial charge in [-0.25, -0.2) is 0 Å². The summed E-state index contributed by atoms with van der Waals surface area (Å²) in [5.74, 6) is -0.393. The number of hydrogen-bond donors (Lipinski definition) is 0. The molecule has 0 N–H and O–H groups in total. The summed E-state index contributed by atoms with van der Waals surface area (Å²) in [6, 6.07) is 0. The SMILES string of the molecule is CCCCCCCC/C=C\CCCCCCCCCCOCC(COC(=O)CCCCCCC/C=C\CCCCCCCC)OC(=O)CCCCCCCCCCCCC. The van der Waals surface area contributed by atoms with E-state index in [0.29, 0.717) is 19.4 Å². The second kappa shape index (κ2) is 51.7. The van der Waals surface area contributed by atoms with Crippen LogP contribution in [-0.2, 0) is 23.8 Å². The van der Waals surface area contributed by atoms with Crippen molar-refractivity contribution in [3.8, 4) is 0 Å². The molecule has 0 aromatic heterocycles. The summed E-state index contributed by atoms with van der Waals surface area (Å²) >= 11 is 0. The van der Waals surface area contributed by atoms with E-state index >= 15 is 0 Å². The molecule has 1 atom stereocenters. The van der Waals surface area contributed by atoms with Crippen molar-refractivity contribution in [3.63, 3.8) is 0 Å². The van der Waals surface area contributed by atoms with E-state index in [1.807, 2.05) is 0 Å². The van der Waals surface area contributed by atoms with Crippen LogP contribution in [0.1, 0.15) is 290 Å². The zero-order chi connectivity index (χ0) is 43.5. The molecule has 0 radical (unpaired) electrons. The van der Waals surface area contributed by atoms with Crippen molar-refractivity contribution < 1.29 is 23.8 Å². The summed E-state index contributed by atoms with van der Waals surface area (Å²) in [6.07, 6.45) is 60.4. The Balaban J connectivity index is 4.20. The van der Waals surface area contributed by atoms with Gasteiger partial charge in [0, 0.05) is 19.4 Å². The molecule has 0 bridgehead atoms. The van der Waals surface area contributed by atoms with Gasteiger partial charge in [0.15, 0.2) is 6.10 Å². The van der Waals surface area contributed by atoms with Gasteiger partial charge < -0.3 is 14.2 Å². The third-order valence-corrected chi connectivity index (χ3v) is 12.0. The molecular weight excluding hydrogens is 741 g/mol. The molecular formula is C55H104O5. The molecule has 0 aromatic carbocycles. The molecule has 0 saturated carbocycles. The van der Waals surface area contributed by atoms with Crippen LogP contribution in [0.4, 0.5) is 0 Å². The summed E-state index contributed by atoms with van der Waals surface area (Å²) in [5.41, 5.74) is 0. The number of carbonyl (C=O) groups is 2. The first-order chi connectivity index (χ1) is 29.6. The zero-order valence-corrected chi connectivity index (χ0v) is 40.7. The zero-order valence-electron chi connectivity index (χ0n) is 40.7. The largest absolute Gasteiger partial charge is 0.462 e. The minimum absolute atomic E-state index is 0.0861. The number of allylic oxidation sites excluding steroid dienone is 4. The average molecular weight is 845 g/mol. The van der Waals surface area contributed by atoms with Crippen LogP contribution in [0.3, 0.4) is 0 Å². The van der Waals surface area contributed by atoms with E-state index in [1.165, 1.54) is 205 Å². The van der Waals surface area contributed by atoms with Crippen LogP contribution in [-0.4, -0.2) is 37.9 Å². The van der Waals surface area contributed by atoms with Crippen molar-refractivity contribution in [2.24, 2.45) is 0 Å². The fourth-order valence-electron chi connectivity index (χ4n) is 7.91. The first-order valence-electron chi connectivity index (χ1n) is 26.9. The molecule has 0 fully saturated rings. The molecule has 0 heterocycles. The maximum atomic E-state index is 12.8. The Morgan fingerprint density at radius 1 is 0.350 bits per heavy atom. The van der Waals surface area contributed by atoms with Crippen molar-refractivity contribution in [1.29, 1.82) is 0 Å². The lowest BCUT2D eigenvalue weighted by Crippen LogP contribution is -2.30. The Morgan fingerprint density at radius 2 is 0.650 bits per heavy atom. The molecule has 5 heteroatoms. The van der Waals surface area contributed by atoms with Gasteiger partial charge in [-0.1, -0.05) is 231 Å². The van der Waals surface area contributed by atoms with Crippen LogP contribution in [0, 0.1) is 0 Å². The summed E-state index contributed by atoms with van der Waals surface area (Å²) in [4.78, 5) is 25.4. The number of esters is 2. The number of rotatable bonds is 50. The monoisotopic (exact) mass is 845 g/mol. The first-order valence-corrected chi connectivity index (χ1v) is 26.9. The van der Waals surface area contributed by atoms with Crippen molar-refractivity contribution >= 4 is 11.9 Å². The van der Waals surface area contributed by atoms with Gasteiger partial charge in [-0.2, -0.15) is 0 Å². The fourth-order valence-corrected chi connectivity index (χ4v) is 7.91. The van der Waals surface area contributed by atoms with Crippen molar-refractivity contribution in [2.75, 3.05) is 19.8 Å². The minimum Gasteiger partial charge on any atom is -0.462 e. The molecule has 60 heavy (non-hydrogen) atoms. The molecule has 0 amide bonds. The Morgan fingerprint density at radius 3 is 1.02 bits per heavy atom. The Labute approximate surface area is 375 Å². The van der Waals surface area contributed by atoms with Crippen LogP contribution in [0.5, 0.6) is 0 Å². The van der Waals surface area contributed by atoms with Gasteiger partial charge in [0.1, 0.15) is 6.61 Å². The molecule has 0 aromatic rings. The standard InChI is InChI=1S/C55H104O5/c1-4-7-10-13-16-19-22-24-26-27-28-30-32-35-38-41-44-47-50-58-51-53(60-55(57)49-46-43-40-37-33-21-18-15-12-9-6-3)52-59-54(56)48-45-42-39-36-34-31-29-25-23-20-17-14-11-8-5-2/h24-26,29,53H,4-23,27-28,30-52H2,1-3H3/b26-24-,29-25-. The Hall–Kier alpha value is -1.62. The number of carbonyl (C=O) groups excluding carboxylic acids is 2. The number of unbranched alkanes of at least 4 members (excludes halogenated alkanes) is 35. The van der Waals surface area contributed by atoms with Crippen molar-refractivity contribution in [1.82, 2.24) is 0 Å². The van der Waals surface area contributed by atoms with E-state index in [9.17, 15) is 9.59 Å². The molecule has 0 spiro atoms. The highest BCUT2D eigenvalue weighted by atomic mass is 16.6. The van der Waals surface area contributed by atoms with E-state index in [-0.39, 0.29) is 25.2 Å². The highest BCUT2D eigenvalue weighted by molar-refractivity contribution is 5.70. The van der Waals surface area contributed by atoms with Gasteiger partial charge in [0.25, 0.3) is 0 Å². The maximum Gasteiger partial charge on any atom is 0.306 e. The maximum absolute atomic E-state index is 12.8. The Kier molecular flexibility index (Phi) is 50.3. The van der Waals surface area contributed by atoms with Crippen molar-refractivity contribution in [3.05, 3.63) is 24.3 Å². The van der Waals surface area contributed by atoms with Crippen LogP contribution >= 0.6 is 0 Å². The number of ether oxygens (including phenoxy) is 3. The van der Waals surface area contributed by atoms with E-state index in [4.69, 9.17) is 14.2 Å². The highest BCUT2D eigenvalue weighted by Gasteiger charge is 2.17. The molecule has 0 aliphatic carbocycles. The van der Waals surface area contributed by atoms with E-state index in [1.54, 1.807) is 0 Å². The molecule has 0 aliphatic rings. The van der Waals surface area contributed by atoms with Gasteiger partial charge in [-0.15, -0.1) is 0 Å². The lowest BCUT2D eigenvalue weighted by Gasteiger charge is -2.18.